The fourth-order valence-electron chi connectivity index (χ4n) is 3.36. The summed E-state index contributed by atoms with van der Waals surface area (Å²) in [6, 6.07) is 12.2. The first-order chi connectivity index (χ1) is 14.9. The van der Waals surface area contributed by atoms with Gasteiger partial charge in [0.15, 0.2) is 0 Å². The van der Waals surface area contributed by atoms with Crippen LogP contribution in [0.4, 0.5) is 17.3 Å². The van der Waals surface area contributed by atoms with Gasteiger partial charge in [0.25, 0.3) is 11.6 Å². The van der Waals surface area contributed by atoms with Crippen LogP contribution in [0, 0.1) is 10.1 Å². The molecule has 0 saturated heterocycles. The van der Waals surface area contributed by atoms with Crippen molar-refractivity contribution in [3.63, 3.8) is 0 Å². The number of halogens is 1. The molecule has 0 fully saturated rings. The average molecular weight is 457 g/mol. The van der Waals surface area contributed by atoms with Gasteiger partial charge in [-0.1, -0.05) is 35.5 Å². The summed E-state index contributed by atoms with van der Waals surface area (Å²) < 4.78 is 1.58. The SMILES string of the molecule is CSc1nc2n(n1)C(c1cccc([N+](=O)[O-])c1)C(C(=O)Nc1ccc(Cl)cc1)=C(C)N2. The smallest absolute Gasteiger partial charge is 0.269 e. The van der Waals surface area contributed by atoms with Gasteiger partial charge in [-0.15, -0.1) is 5.10 Å². The molecule has 1 atom stereocenters. The molecule has 1 amide bonds. The lowest BCUT2D eigenvalue weighted by Gasteiger charge is -2.28. The van der Waals surface area contributed by atoms with Gasteiger partial charge in [0.2, 0.25) is 11.1 Å². The Morgan fingerprint density at radius 2 is 2.03 bits per heavy atom. The summed E-state index contributed by atoms with van der Waals surface area (Å²) >= 11 is 7.29. The van der Waals surface area contributed by atoms with E-state index in [4.69, 9.17) is 11.6 Å². The third kappa shape index (κ3) is 4.12. The van der Waals surface area contributed by atoms with Crippen LogP contribution in [0.25, 0.3) is 0 Å². The van der Waals surface area contributed by atoms with E-state index in [9.17, 15) is 14.9 Å². The number of nitro benzene ring substituents is 1. The summed E-state index contributed by atoms with van der Waals surface area (Å²) in [7, 11) is 0. The molecule has 1 aliphatic heterocycles. The standard InChI is InChI=1S/C20H17ClN6O3S/c1-11-16(18(28)23-14-8-6-13(21)7-9-14)17(12-4-3-5-15(10-12)27(29)30)26-19(22-11)24-20(25-26)31-2/h3-10,17H,1-2H3,(H,23,28)(H,22,24,25). The molecule has 0 saturated carbocycles. The van der Waals surface area contributed by atoms with Gasteiger partial charge in [-0.2, -0.15) is 4.98 Å². The molecule has 4 rings (SSSR count). The fraction of sp³-hybridized carbons (Fsp3) is 0.150. The number of carbonyl (C=O) groups excluding carboxylic acids is 1. The molecule has 0 bridgehead atoms. The van der Waals surface area contributed by atoms with Crippen molar-refractivity contribution in [3.05, 3.63) is 80.5 Å². The molecule has 2 aromatic carbocycles. The average Bonchev–Trinajstić information content (AvgIpc) is 3.17. The Morgan fingerprint density at radius 1 is 1.29 bits per heavy atom. The van der Waals surface area contributed by atoms with E-state index in [2.05, 4.69) is 20.7 Å². The quantitative estimate of drug-likeness (QED) is 0.330. The van der Waals surface area contributed by atoms with Crippen molar-refractivity contribution in [2.24, 2.45) is 0 Å². The van der Waals surface area contributed by atoms with E-state index in [1.807, 2.05) is 6.26 Å². The van der Waals surface area contributed by atoms with Crippen molar-refractivity contribution in [3.8, 4) is 0 Å². The van der Waals surface area contributed by atoms with Crippen LogP contribution in [0.1, 0.15) is 18.5 Å². The highest BCUT2D eigenvalue weighted by molar-refractivity contribution is 7.98. The van der Waals surface area contributed by atoms with E-state index >= 15 is 0 Å². The summed E-state index contributed by atoms with van der Waals surface area (Å²) in [4.78, 5) is 28.6. The van der Waals surface area contributed by atoms with Crippen LogP contribution < -0.4 is 10.6 Å². The molecule has 0 spiro atoms. The van der Waals surface area contributed by atoms with Gasteiger partial charge in [0.05, 0.1) is 10.5 Å². The largest absolute Gasteiger partial charge is 0.328 e. The Kier molecular flexibility index (Phi) is 5.66. The van der Waals surface area contributed by atoms with Crippen molar-refractivity contribution >= 4 is 46.6 Å². The number of nitrogens with one attached hydrogen (secondary N) is 2. The Balaban J connectivity index is 1.80. The summed E-state index contributed by atoms with van der Waals surface area (Å²) in [5.41, 5.74) is 2.01. The molecule has 0 radical (unpaired) electrons. The van der Waals surface area contributed by atoms with E-state index in [0.29, 0.717) is 38.6 Å². The van der Waals surface area contributed by atoms with Crippen LogP contribution in [-0.2, 0) is 4.79 Å². The van der Waals surface area contributed by atoms with E-state index in [0.717, 1.165) is 0 Å². The number of anilines is 2. The second-order valence-corrected chi connectivity index (χ2v) is 7.96. The molecule has 1 aromatic heterocycles. The van der Waals surface area contributed by atoms with E-state index in [1.165, 1.54) is 23.9 Å². The highest BCUT2D eigenvalue weighted by Crippen LogP contribution is 2.37. The first-order valence-corrected chi connectivity index (χ1v) is 10.8. The molecule has 1 unspecified atom stereocenters. The maximum Gasteiger partial charge on any atom is 0.269 e. The Hall–Kier alpha value is -3.37. The van der Waals surface area contributed by atoms with Crippen LogP contribution in [0.3, 0.4) is 0 Å². The van der Waals surface area contributed by atoms with Crippen molar-refractivity contribution in [1.29, 1.82) is 0 Å². The van der Waals surface area contributed by atoms with Gasteiger partial charge >= 0.3 is 0 Å². The highest BCUT2D eigenvalue weighted by atomic mass is 35.5. The van der Waals surface area contributed by atoms with E-state index in [-0.39, 0.29) is 11.6 Å². The molecular formula is C20H17ClN6O3S. The van der Waals surface area contributed by atoms with Gasteiger partial charge in [0.1, 0.15) is 6.04 Å². The van der Waals surface area contributed by atoms with Crippen molar-refractivity contribution < 1.29 is 9.72 Å². The minimum absolute atomic E-state index is 0.0714. The van der Waals surface area contributed by atoms with Crippen LogP contribution in [-0.4, -0.2) is 31.9 Å². The zero-order chi connectivity index (χ0) is 22.1. The molecular weight excluding hydrogens is 440 g/mol. The first kappa shape index (κ1) is 20.9. The second-order valence-electron chi connectivity index (χ2n) is 6.75. The van der Waals surface area contributed by atoms with Crippen LogP contribution in [0.5, 0.6) is 0 Å². The lowest BCUT2D eigenvalue weighted by molar-refractivity contribution is -0.384. The van der Waals surface area contributed by atoms with Gasteiger partial charge in [-0.25, -0.2) is 4.68 Å². The molecule has 31 heavy (non-hydrogen) atoms. The number of nitrogens with zero attached hydrogens (tertiary/aromatic N) is 4. The van der Waals surface area contributed by atoms with Crippen molar-refractivity contribution in [1.82, 2.24) is 14.8 Å². The maximum absolute atomic E-state index is 13.3. The summed E-state index contributed by atoms with van der Waals surface area (Å²) in [6.45, 7) is 1.76. The minimum Gasteiger partial charge on any atom is -0.328 e. The lowest BCUT2D eigenvalue weighted by atomic mass is 9.94. The van der Waals surface area contributed by atoms with Gasteiger partial charge < -0.3 is 10.6 Å². The number of allylic oxidation sites excluding steroid dienone is 1. The van der Waals surface area contributed by atoms with Crippen molar-refractivity contribution in [2.75, 3.05) is 16.9 Å². The fourth-order valence-corrected chi connectivity index (χ4v) is 3.83. The molecule has 3 aromatic rings. The van der Waals surface area contributed by atoms with E-state index in [1.54, 1.807) is 48.0 Å². The van der Waals surface area contributed by atoms with Crippen LogP contribution in [0.15, 0.2) is 65.0 Å². The normalized spacial score (nSPS) is 15.3. The topological polar surface area (TPSA) is 115 Å². The second kappa shape index (κ2) is 8.40. The van der Waals surface area contributed by atoms with Crippen molar-refractivity contribution in [2.45, 2.75) is 18.1 Å². The highest BCUT2D eigenvalue weighted by Gasteiger charge is 2.35. The van der Waals surface area contributed by atoms with Gasteiger partial charge in [-0.3, -0.25) is 14.9 Å². The molecule has 1 aliphatic rings. The van der Waals surface area contributed by atoms with E-state index < -0.39 is 11.0 Å². The molecule has 11 heteroatoms. The Bertz CT molecular complexity index is 1210. The number of hydrogen-bond acceptors (Lipinski definition) is 7. The Morgan fingerprint density at radius 3 is 2.71 bits per heavy atom. The molecule has 2 heterocycles. The monoisotopic (exact) mass is 456 g/mol. The number of benzene rings is 2. The lowest BCUT2D eigenvalue weighted by Crippen LogP contribution is -2.31. The third-order valence-corrected chi connectivity index (χ3v) is 5.55. The number of nitro groups is 1. The van der Waals surface area contributed by atoms with Gasteiger partial charge in [-0.05, 0) is 43.0 Å². The Labute approximate surface area is 186 Å². The van der Waals surface area contributed by atoms with Crippen LogP contribution in [0.2, 0.25) is 5.02 Å². The molecule has 158 valence electrons. The zero-order valence-corrected chi connectivity index (χ0v) is 18.1. The number of carbonyl (C=O) groups is 1. The first-order valence-electron chi connectivity index (χ1n) is 9.17. The number of amides is 1. The third-order valence-electron chi connectivity index (χ3n) is 4.76. The number of thioether (sulfide) groups is 1. The van der Waals surface area contributed by atoms with Gasteiger partial charge in [0, 0.05) is 28.5 Å². The summed E-state index contributed by atoms with van der Waals surface area (Å²) in [6.07, 6.45) is 1.85. The summed E-state index contributed by atoms with van der Waals surface area (Å²) in [5.74, 6) is 0.0945. The predicted octanol–water partition coefficient (Wildman–Crippen LogP) is 4.49. The number of aromatic nitrogens is 3. The maximum atomic E-state index is 13.3. The number of non-ortho nitro benzene ring substituents is 1. The zero-order valence-electron chi connectivity index (χ0n) is 16.5. The molecule has 2 N–H and O–H groups in total. The number of fused-ring (bicyclic) bond motifs is 1. The van der Waals surface area contributed by atoms with Crippen LogP contribution >= 0.6 is 23.4 Å². The minimum atomic E-state index is -0.697. The molecule has 0 aliphatic carbocycles. The predicted molar refractivity (Wildman–Crippen MR) is 119 cm³/mol. The number of rotatable bonds is 5. The summed E-state index contributed by atoms with van der Waals surface area (Å²) in [5, 5.41) is 22.9. The number of hydrogen-bond donors (Lipinski definition) is 2. The molecule has 9 nitrogen and oxygen atoms in total.